The molecule has 104 valence electrons. The molecule has 1 rings (SSSR count). The Balaban J connectivity index is 2.27. The lowest BCUT2D eigenvalue weighted by molar-refractivity contribution is -0.144. The topological polar surface area (TPSA) is 64.6 Å². The van der Waals surface area contributed by atoms with Crippen molar-refractivity contribution in [3.05, 3.63) is 29.8 Å². The zero-order valence-electron chi connectivity index (χ0n) is 11.4. The van der Waals surface area contributed by atoms with Gasteiger partial charge in [-0.2, -0.15) is 0 Å². The van der Waals surface area contributed by atoms with Crippen molar-refractivity contribution in [3.8, 4) is 5.75 Å². The van der Waals surface area contributed by atoms with Gasteiger partial charge in [0.1, 0.15) is 11.8 Å². The van der Waals surface area contributed by atoms with Gasteiger partial charge >= 0.3 is 5.97 Å². The molecule has 0 bridgehead atoms. The summed E-state index contributed by atoms with van der Waals surface area (Å²) in [6.45, 7) is 3.83. The standard InChI is InChI=1S/C14H19NO4/c1-10-4-6-12(7-5-10)19-9-8-13(16)15-11(2)14(17)18-3/h4-7,11H,8-9H2,1-3H3,(H,15,16)/t11-/m1/s1. The number of amides is 1. The maximum Gasteiger partial charge on any atom is 0.328 e. The highest BCUT2D eigenvalue weighted by atomic mass is 16.5. The summed E-state index contributed by atoms with van der Waals surface area (Å²) in [6, 6.07) is 6.94. The Hall–Kier alpha value is -2.04. The highest BCUT2D eigenvalue weighted by Crippen LogP contribution is 2.11. The quantitative estimate of drug-likeness (QED) is 0.790. The number of hydrogen-bond donors (Lipinski definition) is 1. The van der Waals surface area contributed by atoms with Crippen LogP contribution in [-0.4, -0.2) is 31.6 Å². The summed E-state index contributed by atoms with van der Waals surface area (Å²) in [4.78, 5) is 22.6. The summed E-state index contributed by atoms with van der Waals surface area (Å²) in [5.74, 6) is 0.0113. The molecule has 5 heteroatoms. The third kappa shape index (κ3) is 5.42. The minimum atomic E-state index is -0.642. The number of aryl methyl sites for hydroxylation is 1. The molecule has 1 atom stereocenters. The number of ether oxygens (including phenoxy) is 2. The molecular weight excluding hydrogens is 246 g/mol. The molecule has 1 N–H and O–H groups in total. The average Bonchev–Trinajstić information content (AvgIpc) is 2.40. The van der Waals surface area contributed by atoms with E-state index in [0.717, 1.165) is 11.3 Å². The number of methoxy groups -OCH3 is 1. The fourth-order valence-corrected chi connectivity index (χ4v) is 1.45. The molecule has 0 unspecified atom stereocenters. The normalized spacial score (nSPS) is 11.5. The van der Waals surface area contributed by atoms with Gasteiger partial charge in [-0.15, -0.1) is 0 Å². The number of benzene rings is 1. The molecule has 5 nitrogen and oxygen atoms in total. The van der Waals surface area contributed by atoms with Crippen LogP contribution in [-0.2, 0) is 14.3 Å². The third-order valence-corrected chi connectivity index (χ3v) is 2.55. The molecule has 0 saturated heterocycles. The molecule has 0 spiro atoms. The van der Waals surface area contributed by atoms with Crippen LogP contribution in [0, 0.1) is 6.92 Å². The van der Waals surface area contributed by atoms with E-state index in [1.165, 1.54) is 7.11 Å². The molecule has 0 heterocycles. The van der Waals surface area contributed by atoms with Crippen LogP contribution < -0.4 is 10.1 Å². The van der Waals surface area contributed by atoms with Gasteiger partial charge in [-0.3, -0.25) is 4.79 Å². The minimum Gasteiger partial charge on any atom is -0.493 e. The van der Waals surface area contributed by atoms with Crippen molar-refractivity contribution in [1.82, 2.24) is 5.32 Å². The molecule has 0 saturated carbocycles. The Labute approximate surface area is 112 Å². The number of esters is 1. The van der Waals surface area contributed by atoms with Gasteiger partial charge in [-0.1, -0.05) is 17.7 Å². The van der Waals surface area contributed by atoms with Crippen LogP contribution in [0.3, 0.4) is 0 Å². The Morgan fingerprint density at radius 2 is 1.89 bits per heavy atom. The molecule has 0 aliphatic heterocycles. The van der Waals surface area contributed by atoms with Gasteiger partial charge < -0.3 is 14.8 Å². The summed E-state index contributed by atoms with van der Waals surface area (Å²) in [7, 11) is 1.28. The van der Waals surface area contributed by atoms with Gasteiger partial charge in [0.05, 0.1) is 20.1 Å². The van der Waals surface area contributed by atoms with Gasteiger partial charge in [0.25, 0.3) is 0 Å². The second-order valence-corrected chi connectivity index (χ2v) is 4.22. The maximum atomic E-state index is 11.5. The molecule has 0 radical (unpaired) electrons. The summed E-state index contributed by atoms with van der Waals surface area (Å²) in [6.07, 6.45) is 0.190. The van der Waals surface area contributed by atoms with Crippen LogP contribution >= 0.6 is 0 Å². The van der Waals surface area contributed by atoms with Crippen molar-refractivity contribution in [2.75, 3.05) is 13.7 Å². The summed E-state index contributed by atoms with van der Waals surface area (Å²) < 4.78 is 9.94. The maximum absolute atomic E-state index is 11.5. The minimum absolute atomic E-state index is 0.190. The molecule has 1 aromatic carbocycles. The summed E-state index contributed by atoms with van der Waals surface area (Å²) in [5.41, 5.74) is 1.15. The largest absolute Gasteiger partial charge is 0.493 e. The molecule has 19 heavy (non-hydrogen) atoms. The summed E-state index contributed by atoms with van der Waals surface area (Å²) >= 11 is 0. The first kappa shape index (κ1) is 15.0. The first-order chi connectivity index (χ1) is 9.02. The van der Waals surface area contributed by atoms with Crippen molar-refractivity contribution < 1.29 is 19.1 Å². The lowest BCUT2D eigenvalue weighted by atomic mass is 10.2. The molecule has 1 amide bonds. The van der Waals surface area contributed by atoms with E-state index in [1.54, 1.807) is 6.92 Å². The number of carbonyl (C=O) groups excluding carboxylic acids is 2. The summed E-state index contributed by atoms with van der Waals surface area (Å²) in [5, 5.41) is 2.53. The number of hydrogen-bond acceptors (Lipinski definition) is 4. The van der Waals surface area contributed by atoms with Crippen molar-refractivity contribution in [3.63, 3.8) is 0 Å². The van der Waals surface area contributed by atoms with Gasteiger partial charge in [-0.25, -0.2) is 4.79 Å². The van der Waals surface area contributed by atoms with E-state index < -0.39 is 12.0 Å². The van der Waals surface area contributed by atoms with E-state index in [2.05, 4.69) is 10.1 Å². The molecule has 0 fully saturated rings. The molecule has 0 aliphatic rings. The van der Waals surface area contributed by atoms with Crippen LogP contribution in [0.15, 0.2) is 24.3 Å². The lowest BCUT2D eigenvalue weighted by Gasteiger charge is -2.11. The van der Waals surface area contributed by atoms with E-state index in [9.17, 15) is 9.59 Å². The van der Waals surface area contributed by atoms with Crippen LogP contribution in [0.5, 0.6) is 5.75 Å². The number of rotatable bonds is 6. The Morgan fingerprint density at radius 3 is 2.47 bits per heavy atom. The third-order valence-electron chi connectivity index (χ3n) is 2.55. The van der Waals surface area contributed by atoms with E-state index in [1.807, 2.05) is 31.2 Å². The van der Waals surface area contributed by atoms with Gasteiger partial charge in [0.2, 0.25) is 5.91 Å². The number of carbonyl (C=O) groups is 2. The van der Waals surface area contributed by atoms with Crippen molar-refractivity contribution in [2.45, 2.75) is 26.3 Å². The van der Waals surface area contributed by atoms with Crippen molar-refractivity contribution in [2.24, 2.45) is 0 Å². The fourth-order valence-electron chi connectivity index (χ4n) is 1.45. The molecule has 0 aliphatic carbocycles. The number of nitrogens with one attached hydrogen (secondary N) is 1. The van der Waals surface area contributed by atoms with Crippen LogP contribution in [0.1, 0.15) is 18.9 Å². The predicted molar refractivity (Wildman–Crippen MR) is 70.9 cm³/mol. The predicted octanol–water partition coefficient (Wildman–Crippen LogP) is 1.44. The van der Waals surface area contributed by atoms with E-state index >= 15 is 0 Å². The average molecular weight is 265 g/mol. The van der Waals surface area contributed by atoms with Crippen LogP contribution in [0.4, 0.5) is 0 Å². The molecule has 0 aromatic heterocycles. The van der Waals surface area contributed by atoms with Crippen LogP contribution in [0.25, 0.3) is 0 Å². The first-order valence-corrected chi connectivity index (χ1v) is 6.09. The Morgan fingerprint density at radius 1 is 1.26 bits per heavy atom. The molecule has 1 aromatic rings. The second-order valence-electron chi connectivity index (χ2n) is 4.22. The van der Waals surface area contributed by atoms with Gasteiger partial charge in [0, 0.05) is 0 Å². The second kappa shape index (κ2) is 7.41. The smallest absolute Gasteiger partial charge is 0.328 e. The van der Waals surface area contributed by atoms with Crippen molar-refractivity contribution >= 4 is 11.9 Å². The fraction of sp³-hybridized carbons (Fsp3) is 0.429. The zero-order chi connectivity index (χ0) is 14.3. The molecular formula is C14H19NO4. The highest BCUT2D eigenvalue weighted by molar-refractivity contribution is 5.84. The Bertz CT molecular complexity index is 428. The zero-order valence-corrected chi connectivity index (χ0v) is 11.4. The monoisotopic (exact) mass is 265 g/mol. The van der Waals surface area contributed by atoms with E-state index in [0.29, 0.717) is 0 Å². The highest BCUT2D eigenvalue weighted by Gasteiger charge is 2.15. The Kier molecular flexibility index (Phi) is 5.85. The van der Waals surface area contributed by atoms with E-state index in [4.69, 9.17) is 4.74 Å². The lowest BCUT2D eigenvalue weighted by Crippen LogP contribution is -2.39. The first-order valence-electron chi connectivity index (χ1n) is 6.09. The van der Waals surface area contributed by atoms with Gasteiger partial charge in [0.15, 0.2) is 0 Å². The SMILES string of the molecule is COC(=O)[C@@H](C)NC(=O)CCOc1ccc(C)cc1. The van der Waals surface area contributed by atoms with Crippen LogP contribution in [0.2, 0.25) is 0 Å². The van der Waals surface area contributed by atoms with Crippen molar-refractivity contribution in [1.29, 1.82) is 0 Å². The van der Waals surface area contributed by atoms with Gasteiger partial charge in [-0.05, 0) is 26.0 Å². The van der Waals surface area contributed by atoms with E-state index in [-0.39, 0.29) is 18.9 Å².